The Labute approximate surface area is 135 Å². The van der Waals surface area contributed by atoms with Crippen molar-refractivity contribution >= 4 is 18.3 Å². The second-order valence-corrected chi connectivity index (χ2v) is 6.27. The number of hydrogen-bond donors (Lipinski definition) is 2. The van der Waals surface area contributed by atoms with Crippen molar-refractivity contribution in [2.45, 2.75) is 57.9 Å². The molecule has 0 saturated carbocycles. The Bertz CT molecular complexity index is 428. The summed E-state index contributed by atoms with van der Waals surface area (Å²) >= 11 is 0. The first kappa shape index (κ1) is 19.9. The highest BCUT2D eigenvalue weighted by Crippen LogP contribution is 2.26. The number of nitrogens with two attached hydrogens (primary N) is 1. The van der Waals surface area contributed by atoms with Crippen LogP contribution in [-0.4, -0.2) is 18.0 Å². The highest BCUT2D eigenvalue weighted by molar-refractivity contribution is 5.85. The van der Waals surface area contributed by atoms with Crippen LogP contribution in [0.2, 0.25) is 0 Å². The van der Waals surface area contributed by atoms with E-state index in [0.717, 1.165) is 12.8 Å². The molecule has 120 valence electrons. The van der Waals surface area contributed by atoms with Gasteiger partial charge in [-0.15, -0.1) is 12.4 Å². The summed E-state index contributed by atoms with van der Waals surface area (Å²) < 4.78 is 0. The number of halogens is 1. The molecule has 0 atom stereocenters. The minimum absolute atomic E-state index is 0. The van der Waals surface area contributed by atoms with Gasteiger partial charge in [0.2, 0.25) is 5.91 Å². The molecule has 1 rings (SSSR count). The van der Waals surface area contributed by atoms with Crippen LogP contribution < -0.4 is 11.1 Å². The molecule has 0 heterocycles. The van der Waals surface area contributed by atoms with E-state index >= 15 is 0 Å². The van der Waals surface area contributed by atoms with Gasteiger partial charge in [0.25, 0.3) is 0 Å². The van der Waals surface area contributed by atoms with Crippen molar-refractivity contribution in [3.8, 4) is 0 Å². The van der Waals surface area contributed by atoms with Gasteiger partial charge in [0.15, 0.2) is 0 Å². The fourth-order valence-corrected chi connectivity index (χ4v) is 2.23. The number of benzene rings is 1. The van der Waals surface area contributed by atoms with E-state index in [0.29, 0.717) is 13.0 Å². The van der Waals surface area contributed by atoms with E-state index in [-0.39, 0.29) is 29.3 Å². The fourth-order valence-electron chi connectivity index (χ4n) is 2.23. The lowest BCUT2D eigenvalue weighted by atomic mass is 9.81. The SMILES string of the molecule is CCC(N)(CC)CNC(=O)CC(C)(C)c1ccccc1.Cl. The molecule has 0 bridgehead atoms. The molecule has 0 fully saturated rings. The molecule has 1 aromatic carbocycles. The summed E-state index contributed by atoms with van der Waals surface area (Å²) in [5.41, 5.74) is 6.93. The Kier molecular flexibility index (Phi) is 7.98. The molecule has 3 N–H and O–H groups in total. The summed E-state index contributed by atoms with van der Waals surface area (Å²) in [6, 6.07) is 10.1. The maximum atomic E-state index is 12.1. The average Bonchev–Trinajstić information content (AvgIpc) is 2.45. The van der Waals surface area contributed by atoms with Crippen molar-refractivity contribution < 1.29 is 4.79 Å². The molecule has 1 aromatic rings. The van der Waals surface area contributed by atoms with Crippen LogP contribution in [0.15, 0.2) is 30.3 Å². The van der Waals surface area contributed by atoms with Crippen molar-refractivity contribution in [1.29, 1.82) is 0 Å². The molecule has 21 heavy (non-hydrogen) atoms. The predicted octanol–water partition coefficient (Wildman–Crippen LogP) is 3.41. The van der Waals surface area contributed by atoms with Crippen LogP contribution >= 0.6 is 12.4 Å². The Morgan fingerprint density at radius 2 is 1.67 bits per heavy atom. The van der Waals surface area contributed by atoms with Gasteiger partial charge in [0.1, 0.15) is 0 Å². The summed E-state index contributed by atoms with van der Waals surface area (Å²) in [5.74, 6) is 0.0654. The minimum Gasteiger partial charge on any atom is -0.354 e. The van der Waals surface area contributed by atoms with E-state index in [4.69, 9.17) is 5.73 Å². The molecule has 4 heteroatoms. The van der Waals surface area contributed by atoms with Gasteiger partial charge in [-0.2, -0.15) is 0 Å². The van der Waals surface area contributed by atoms with Crippen molar-refractivity contribution in [1.82, 2.24) is 5.32 Å². The molecule has 0 aromatic heterocycles. The molecule has 0 aliphatic rings. The third kappa shape index (κ3) is 6.06. The van der Waals surface area contributed by atoms with Crippen LogP contribution in [0, 0.1) is 0 Å². The molecular formula is C17H29ClN2O. The lowest BCUT2D eigenvalue weighted by Crippen LogP contribution is -2.49. The van der Waals surface area contributed by atoms with Crippen molar-refractivity contribution in [2.75, 3.05) is 6.54 Å². The van der Waals surface area contributed by atoms with E-state index in [9.17, 15) is 4.79 Å². The Morgan fingerprint density at radius 3 is 2.14 bits per heavy atom. The topological polar surface area (TPSA) is 55.1 Å². The first-order valence-corrected chi connectivity index (χ1v) is 7.44. The molecule has 0 aliphatic heterocycles. The summed E-state index contributed by atoms with van der Waals surface area (Å²) in [5, 5.41) is 2.99. The van der Waals surface area contributed by atoms with Crippen LogP contribution in [0.3, 0.4) is 0 Å². The van der Waals surface area contributed by atoms with E-state index in [2.05, 4.69) is 45.1 Å². The van der Waals surface area contributed by atoms with Gasteiger partial charge in [-0.3, -0.25) is 4.79 Å². The van der Waals surface area contributed by atoms with Crippen molar-refractivity contribution in [3.63, 3.8) is 0 Å². The van der Waals surface area contributed by atoms with Gasteiger partial charge in [-0.05, 0) is 23.8 Å². The summed E-state index contributed by atoms with van der Waals surface area (Å²) in [6.45, 7) is 8.85. The molecule has 0 radical (unpaired) electrons. The molecule has 0 spiro atoms. The third-order valence-corrected chi connectivity index (χ3v) is 4.20. The number of hydrogen-bond acceptors (Lipinski definition) is 2. The van der Waals surface area contributed by atoms with Crippen LogP contribution in [0.5, 0.6) is 0 Å². The molecular weight excluding hydrogens is 284 g/mol. The molecule has 3 nitrogen and oxygen atoms in total. The van der Waals surface area contributed by atoms with E-state index in [1.807, 2.05) is 18.2 Å². The van der Waals surface area contributed by atoms with E-state index in [1.54, 1.807) is 0 Å². The monoisotopic (exact) mass is 312 g/mol. The third-order valence-electron chi connectivity index (χ3n) is 4.20. The van der Waals surface area contributed by atoms with Gasteiger partial charge < -0.3 is 11.1 Å². The van der Waals surface area contributed by atoms with Crippen molar-refractivity contribution in [2.24, 2.45) is 5.73 Å². The highest BCUT2D eigenvalue weighted by atomic mass is 35.5. The van der Waals surface area contributed by atoms with Gasteiger partial charge in [-0.25, -0.2) is 0 Å². The van der Waals surface area contributed by atoms with Crippen LogP contribution in [0.25, 0.3) is 0 Å². The molecule has 0 aliphatic carbocycles. The van der Waals surface area contributed by atoms with Crippen LogP contribution in [0.1, 0.15) is 52.5 Å². The standard InChI is InChI=1S/C17H28N2O.ClH/c1-5-17(18,6-2)13-19-15(20)12-16(3,4)14-10-8-7-9-11-14;/h7-11H,5-6,12-13,18H2,1-4H3,(H,19,20);1H. The largest absolute Gasteiger partial charge is 0.354 e. The molecule has 0 saturated heterocycles. The number of amides is 1. The van der Waals surface area contributed by atoms with Crippen LogP contribution in [0.4, 0.5) is 0 Å². The molecule has 1 amide bonds. The van der Waals surface area contributed by atoms with Gasteiger partial charge in [0, 0.05) is 18.5 Å². The summed E-state index contributed by atoms with van der Waals surface area (Å²) in [6.07, 6.45) is 2.21. The fraction of sp³-hybridized carbons (Fsp3) is 0.588. The smallest absolute Gasteiger partial charge is 0.220 e. The zero-order valence-electron chi connectivity index (χ0n) is 13.6. The second kappa shape index (κ2) is 8.40. The van der Waals surface area contributed by atoms with Crippen molar-refractivity contribution in [3.05, 3.63) is 35.9 Å². The first-order chi connectivity index (χ1) is 9.33. The summed E-state index contributed by atoms with van der Waals surface area (Å²) in [4.78, 5) is 12.1. The average molecular weight is 313 g/mol. The number of nitrogens with one attached hydrogen (secondary N) is 1. The second-order valence-electron chi connectivity index (χ2n) is 6.27. The normalized spacial score (nSPS) is 11.7. The quantitative estimate of drug-likeness (QED) is 0.810. The highest BCUT2D eigenvalue weighted by Gasteiger charge is 2.26. The maximum absolute atomic E-state index is 12.1. The Morgan fingerprint density at radius 1 is 1.14 bits per heavy atom. The zero-order valence-corrected chi connectivity index (χ0v) is 14.4. The van der Waals surface area contributed by atoms with Gasteiger partial charge in [0.05, 0.1) is 0 Å². The Hall–Kier alpha value is -1.06. The van der Waals surface area contributed by atoms with Gasteiger partial charge >= 0.3 is 0 Å². The number of carbonyl (C=O) groups excluding carboxylic acids is 1. The minimum atomic E-state index is -0.285. The summed E-state index contributed by atoms with van der Waals surface area (Å²) in [7, 11) is 0. The van der Waals surface area contributed by atoms with E-state index in [1.165, 1.54) is 5.56 Å². The number of carbonyl (C=O) groups is 1. The predicted molar refractivity (Wildman–Crippen MR) is 91.8 cm³/mol. The van der Waals surface area contributed by atoms with Crippen LogP contribution in [-0.2, 0) is 10.2 Å². The van der Waals surface area contributed by atoms with Gasteiger partial charge in [-0.1, -0.05) is 58.0 Å². The molecule has 0 unspecified atom stereocenters. The first-order valence-electron chi connectivity index (χ1n) is 7.44. The lowest BCUT2D eigenvalue weighted by molar-refractivity contribution is -0.122. The maximum Gasteiger partial charge on any atom is 0.220 e. The van der Waals surface area contributed by atoms with E-state index < -0.39 is 0 Å². The zero-order chi connectivity index (χ0) is 15.2. The Balaban J connectivity index is 0.00000400. The number of rotatable bonds is 7. The lowest BCUT2D eigenvalue weighted by Gasteiger charge is -2.29.